The molecule has 0 radical (unpaired) electrons. The Morgan fingerprint density at radius 1 is 0.788 bits per heavy atom. The average Bonchev–Trinajstić information content (AvgIpc) is 2.81. The minimum atomic E-state index is 0.700. The van der Waals surface area contributed by atoms with Crippen LogP contribution >= 0.6 is 23.2 Å². The van der Waals surface area contributed by atoms with Gasteiger partial charge in [0, 0.05) is 59.4 Å². The lowest BCUT2D eigenvalue weighted by atomic mass is 9.90. The van der Waals surface area contributed by atoms with Crippen LogP contribution in [0.3, 0.4) is 0 Å². The summed E-state index contributed by atoms with van der Waals surface area (Å²) in [5, 5.41) is 10.8. The first-order chi connectivity index (χ1) is 15.6. The summed E-state index contributed by atoms with van der Waals surface area (Å²) in [6.07, 6.45) is 5.03. The Morgan fingerprint density at radius 2 is 1.24 bits per heavy atom. The molecule has 0 aliphatic heterocycles. The van der Waals surface area contributed by atoms with Gasteiger partial charge in [-0.2, -0.15) is 0 Å². The molecule has 0 spiro atoms. The first-order valence-corrected chi connectivity index (χ1v) is 11.8. The summed E-state index contributed by atoms with van der Waals surface area (Å²) < 4.78 is 0. The highest BCUT2D eigenvalue weighted by Crippen LogP contribution is 2.35. The van der Waals surface area contributed by atoms with E-state index in [0.29, 0.717) is 10.0 Å². The summed E-state index contributed by atoms with van der Waals surface area (Å²) in [5.74, 6) is 0. The van der Waals surface area contributed by atoms with Crippen LogP contribution in [0.1, 0.15) is 52.6 Å². The predicted molar refractivity (Wildman–Crippen MR) is 148 cm³/mol. The van der Waals surface area contributed by atoms with E-state index in [1.807, 2.05) is 47.1 Å². The Morgan fingerprint density at radius 3 is 1.64 bits per heavy atom. The summed E-state index contributed by atoms with van der Waals surface area (Å²) in [5.41, 5.74) is 9.77. The lowest BCUT2D eigenvalue weighted by Gasteiger charge is -2.18. The molecule has 0 fully saturated rings. The normalized spacial score (nSPS) is 10.4. The minimum absolute atomic E-state index is 0.700. The van der Waals surface area contributed by atoms with Gasteiger partial charge in [-0.1, -0.05) is 49.0 Å². The third kappa shape index (κ3) is 6.46. The molecule has 0 aliphatic carbocycles. The molecule has 0 saturated heterocycles. The van der Waals surface area contributed by atoms with Crippen molar-refractivity contribution in [2.24, 2.45) is 0 Å². The van der Waals surface area contributed by atoms with Crippen LogP contribution in [0.25, 0.3) is 17.0 Å². The fraction of sp³-hybridized carbons (Fsp3) is 0.286. The van der Waals surface area contributed by atoms with E-state index in [1.54, 1.807) is 0 Å². The lowest BCUT2D eigenvalue weighted by Crippen LogP contribution is -2.07. The molecule has 5 heteroatoms. The van der Waals surface area contributed by atoms with Crippen molar-refractivity contribution >= 4 is 40.2 Å². The zero-order valence-electron chi connectivity index (χ0n) is 20.4. The highest BCUT2D eigenvalue weighted by Gasteiger charge is 2.16. The van der Waals surface area contributed by atoms with E-state index in [0.717, 1.165) is 75.3 Å². The largest absolute Gasteiger partial charge is 0.392 e. The standard InChI is InChI=1S/C28H35Cl2N3/c1-17(31-6)11-9-10-12-24(22-13-25(20(4)32-7)18(2)27(29)15-22)23-14-26(21(5)33-8)19(3)28(30)16-23/h12-16,31-33H,1,4-5,9-11H2,2-3,6-8H3. The van der Waals surface area contributed by atoms with Gasteiger partial charge in [-0.15, -0.1) is 0 Å². The van der Waals surface area contributed by atoms with Crippen LogP contribution in [0.5, 0.6) is 0 Å². The maximum Gasteiger partial charge on any atom is 0.0448 e. The van der Waals surface area contributed by atoms with Gasteiger partial charge in [0.05, 0.1) is 0 Å². The van der Waals surface area contributed by atoms with Crippen LogP contribution in [-0.2, 0) is 0 Å². The minimum Gasteiger partial charge on any atom is -0.392 e. The molecule has 2 aromatic rings. The van der Waals surface area contributed by atoms with Crippen molar-refractivity contribution in [1.82, 2.24) is 16.0 Å². The van der Waals surface area contributed by atoms with Crippen molar-refractivity contribution in [2.45, 2.75) is 33.1 Å². The van der Waals surface area contributed by atoms with E-state index in [1.165, 1.54) is 0 Å². The molecule has 0 amide bonds. The van der Waals surface area contributed by atoms with Crippen molar-refractivity contribution < 1.29 is 0 Å². The topological polar surface area (TPSA) is 36.1 Å². The first kappa shape index (κ1) is 26.6. The summed E-state index contributed by atoms with van der Waals surface area (Å²) >= 11 is 13.3. The molecule has 0 unspecified atom stereocenters. The molecular formula is C28H35Cl2N3. The lowest BCUT2D eigenvalue weighted by molar-refractivity contribution is 0.778. The molecule has 0 aromatic heterocycles. The van der Waals surface area contributed by atoms with Crippen molar-refractivity contribution in [3.8, 4) is 0 Å². The van der Waals surface area contributed by atoms with E-state index < -0.39 is 0 Å². The predicted octanol–water partition coefficient (Wildman–Crippen LogP) is 7.33. The summed E-state index contributed by atoms with van der Waals surface area (Å²) in [4.78, 5) is 0. The quantitative estimate of drug-likeness (QED) is 0.292. The first-order valence-electron chi connectivity index (χ1n) is 11.0. The molecule has 2 aromatic carbocycles. The SMILES string of the molecule is C=C(CCCC=C(c1cc(Cl)c(C)c(C(=C)NC)c1)c1cc(Cl)c(C)c(C(=C)NC)c1)NC. The average molecular weight is 485 g/mol. The second-order valence-corrected chi connectivity index (χ2v) is 8.90. The Kier molecular flexibility index (Phi) is 9.70. The van der Waals surface area contributed by atoms with E-state index >= 15 is 0 Å². The molecule has 176 valence electrons. The highest BCUT2D eigenvalue weighted by molar-refractivity contribution is 6.32. The van der Waals surface area contributed by atoms with E-state index in [-0.39, 0.29) is 0 Å². The monoisotopic (exact) mass is 483 g/mol. The smallest absolute Gasteiger partial charge is 0.0448 e. The van der Waals surface area contributed by atoms with Gasteiger partial charge in [-0.05, 0) is 85.2 Å². The van der Waals surface area contributed by atoms with E-state index in [2.05, 4.69) is 53.9 Å². The molecule has 0 aliphatic rings. The third-order valence-electron chi connectivity index (χ3n) is 5.95. The number of rotatable bonds is 11. The molecule has 0 atom stereocenters. The number of hydrogen-bond acceptors (Lipinski definition) is 3. The van der Waals surface area contributed by atoms with Crippen molar-refractivity contribution in [3.63, 3.8) is 0 Å². The number of allylic oxidation sites excluding steroid dienone is 2. The van der Waals surface area contributed by atoms with Gasteiger partial charge < -0.3 is 16.0 Å². The maximum absolute atomic E-state index is 6.67. The van der Waals surface area contributed by atoms with Crippen LogP contribution in [0.4, 0.5) is 0 Å². The van der Waals surface area contributed by atoms with Gasteiger partial charge >= 0.3 is 0 Å². The van der Waals surface area contributed by atoms with Crippen molar-refractivity contribution in [1.29, 1.82) is 0 Å². The molecular weight excluding hydrogens is 449 g/mol. The van der Waals surface area contributed by atoms with Gasteiger partial charge in [0.2, 0.25) is 0 Å². The number of nitrogens with one attached hydrogen (secondary N) is 3. The third-order valence-corrected chi connectivity index (χ3v) is 6.73. The number of benzene rings is 2. The van der Waals surface area contributed by atoms with Crippen molar-refractivity contribution in [3.05, 3.63) is 99.2 Å². The summed E-state index contributed by atoms with van der Waals surface area (Å²) in [6, 6.07) is 8.31. The van der Waals surface area contributed by atoms with Crippen LogP contribution in [0, 0.1) is 13.8 Å². The fourth-order valence-corrected chi connectivity index (χ4v) is 4.09. The Labute approximate surface area is 209 Å². The highest BCUT2D eigenvalue weighted by atomic mass is 35.5. The zero-order chi connectivity index (χ0) is 24.7. The van der Waals surface area contributed by atoms with Crippen molar-refractivity contribution in [2.75, 3.05) is 21.1 Å². The molecule has 33 heavy (non-hydrogen) atoms. The molecule has 3 nitrogen and oxygen atoms in total. The maximum atomic E-state index is 6.67. The Balaban J connectivity index is 2.67. The van der Waals surface area contributed by atoms with E-state index in [9.17, 15) is 0 Å². The van der Waals surface area contributed by atoms with Gasteiger partial charge in [0.15, 0.2) is 0 Å². The van der Waals surface area contributed by atoms with E-state index in [4.69, 9.17) is 23.2 Å². The van der Waals surface area contributed by atoms with Crippen LogP contribution in [0.2, 0.25) is 10.0 Å². The van der Waals surface area contributed by atoms with Crippen LogP contribution in [-0.4, -0.2) is 21.1 Å². The Bertz CT molecular complexity index is 1020. The molecule has 3 N–H and O–H groups in total. The second kappa shape index (κ2) is 12.0. The van der Waals surface area contributed by atoms with Crippen LogP contribution < -0.4 is 16.0 Å². The van der Waals surface area contributed by atoms with Gasteiger partial charge in [-0.25, -0.2) is 0 Å². The van der Waals surface area contributed by atoms with Gasteiger partial charge in [0.25, 0.3) is 0 Å². The molecule has 0 saturated carbocycles. The number of hydrogen-bond donors (Lipinski definition) is 3. The summed E-state index contributed by atoms with van der Waals surface area (Å²) in [6.45, 7) is 16.3. The van der Waals surface area contributed by atoms with Crippen LogP contribution in [0.15, 0.2) is 55.8 Å². The molecule has 0 heterocycles. The zero-order valence-corrected chi connectivity index (χ0v) is 21.9. The number of unbranched alkanes of at least 4 members (excludes halogenated alkanes) is 1. The Hall–Kier alpha value is -2.62. The fourth-order valence-electron chi connectivity index (χ4n) is 3.65. The summed E-state index contributed by atoms with van der Waals surface area (Å²) in [7, 11) is 5.63. The second-order valence-electron chi connectivity index (χ2n) is 8.08. The molecule has 2 rings (SSSR count). The molecule has 0 bridgehead atoms. The van der Waals surface area contributed by atoms with Gasteiger partial charge in [-0.3, -0.25) is 0 Å². The number of halogens is 2. The van der Waals surface area contributed by atoms with Gasteiger partial charge in [0.1, 0.15) is 0 Å².